The molecule has 1 fully saturated rings. The fourth-order valence-corrected chi connectivity index (χ4v) is 3.94. The van der Waals surface area contributed by atoms with Crippen molar-refractivity contribution in [2.24, 2.45) is 0 Å². The van der Waals surface area contributed by atoms with Crippen LogP contribution in [0.4, 0.5) is 5.82 Å². The molecule has 0 aromatic carbocycles. The van der Waals surface area contributed by atoms with Gasteiger partial charge in [-0.1, -0.05) is 0 Å². The Morgan fingerprint density at radius 2 is 2.10 bits per heavy atom. The van der Waals surface area contributed by atoms with Crippen LogP contribution in [0.15, 0.2) is 6.07 Å². The number of nitrogens with zero attached hydrogens (tertiary/aromatic N) is 3. The smallest absolute Gasteiger partial charge is 0.224 e. The number of hydrogen-bond acceptors (Lipinski definition) is 6. The van der Waals surface area contributed by atoms with Crippen molar-refractivity contribution in [3.8, 4) is 0 Å². The van der Waals surface area contributed by atoms with Crippen molar-refractivity contribution in [3.05, 3.63) is 16.2 Å². The number of aliphatic hydroxyl groups is 1. The van der Waals surface area contributed by atoms with Crippen LogP contribution in [0.25, 0.3) is 10.2 Å². The molecule has 1 aliphatic rings. The van der Waals surface area contributed by atoms with Crippen LogP contribution in [0.5, 0.6) is 0 Å². The minimum atomic E-state index is -0.739. The summed E-state index contributed by atoms with van der Waals surface area (Å²) >= 11 is 7.69. The van der Waals surface area contributed by atoms with Crippen molar-refractivity contribution in [2.45, 2.75) is 25.9 Å². The Bertz CT molecular complexity index is 647. The Morgan fingerprint density at radius 3 is 2.76 bits per heavy atom. The van der Waals surface area contributed by atoms with E-state index >= 15 is 0 Å². The molecule has 0 atom stereocenters. The van der Waals surface area contributed by atoms with Gasteiger partial charge in [0, 0.05) is 24.4 Å². The Hall–Kier alpha value is -0.950. The van der Waals surface area contributed by atoms with Crippen LogP contribution < -0.4 is 4.90 Å². The fourth-order valence-electron chi connectivity index (χ4n) is 2.44. The van der Waals surface area contributed by atoms with E-state index < -0.39 is 5.60 Å². The Balaban J connectivity index is 2.02. The van der Waals surface area contributed by atoms with Gasteiger partial charge in [-0.3, -0.25) is 0 Å². The summed E-state index contributed by atoms with van der Waals surface area (Å²) in [5.41, 5.74) is 0.109. The van der Waals surface area contributed by atoms with Gasteiger partial charge in [0.1, 0.15) is 0 Å². The molecule has 0 radical (unpaired) electrons. The van der Waals surface area contributed by atoms with Gasteiger partial charge in [0.05, 0.1) is 29.0 Å². The summed E-state index contributed by atoms with van der Waals surface area (Å²) in [6, 6.07) is 2.00. The highest BCUT2D eigenvalue weighted by molar-refractivity contribution is 7.19. The number of aromatic nitrogens is 2. The van der Waals surface area contributed by atoms with E-state index in [1.807, 2.05) is 6.07 Å². The molecule has 1 aliphatic heterocycles. The predicted octanol–water partition coefficient (Wildman–Crippen LogP) is 2.49. The molecule has 0 unspecified atom stereocenters. The molecule has 2 aromatic heterocycles. The molecule has 21 heavy (non-hydrogen) atoms. The number of halogens is 1. The molecule has 0 bridgehead atoms. The Morgan fingerprint density at radius 1 is 1.38 bits per heavy atom. The lowest BCUT2D eigenvalue weighted by atomic mass is 10.0. The molecule has 1 saturated heterocycles. The van der Waals surface area contributed by atoms with Gasteiger partial charge in [0.15, 0.2) is 5.82 Å². The maximum absolute atomic E-state index is 9.99. The van der Waals surface area contributed by atoms with Crippen LogP contribution in [0.3, 0.4) is 0 Å². The first-order valence-electron chi connectivity index (χ1n) is 6.93. The molecule has 114 valence electrons. The van der Waals surface area contributed by atoms with Gasteiger partial charge < -0.3 is 14.7 Å². The summed E-state index contributed by atoms with van der Waals surface area (Å²) in [5, 5.41) is 10.2. The van der Waals surface area contributed by atoms with Crippen LogP contribution in [0.2, 0.25) is 5.28 Å². The highest BCUT2D eigenvalue weighted by Crippen LogP contribution is 2.34. The third-order valence-electron chi connectivity index (χ3n) is 3.29. The van der Waals surface area contributed by atoms with E-state index in [0.29, 0.717) is 19.6 Å². The Labute approximate surface area is 132 Å². The quantitative estimate of drug-likeness (QED) is 0.878. The lowest BCUT2D eigenvalue weighted by Crippen LogP contribution is -2.36. The average molecular weight is 328 g/mol. The summed E-state index contributed by atoms with van der Waals surface area (Å²) in [7, 11) is 0. The minimum Gasteiger partial charge on any atom is -0.390 e. The normalized spacial score (nSPS) is 16.7. The number of hydrogen-bond donors (Lipinski definition) is 1. The summed E-state index contributed by atoms with van der Waals surface area (Å²) in [5.74, 6) is 0.875. The molecular formula is C14H18ClN3O2S. The first kappa shape index (κ1) is 15.0. The van der Waals surface area contributed by atoms with Crippen LogP contribution in [-0.4, -0.2) is 47.0 Å². The predicted molar refractivity (Wildman–Crippen MR) is 85.5 cm³/mol. The molecule has 0 saturated carbocycles. The van der Waals surface area contributed by atoms with Gasteiger partial charge in [-0.15, -0.1) is 11.3 Å². The van der Waals surface area contributed by atoms with Crippen LogP contribution >= 0.6 is 22.9 Å². The van der Waals surface area contributed by atoms with Gasteiger partial charge in [-0.05, 0) is 31.5 Å². The lowest BCUT2D eigenvalue weighted by Gasteiger charge is -2.28. The maximum atomic E-state index is 9.99. The van der Waals surface area contributed by atoms with E-state index in [2.05, 4.69) is 14.9 Å². The summed E-state index contributed by atoms with van der Waals surface area (Å²) in [4.78, 5) is 12.0. The number of ether oxygens (including phenoxy) is 1. The zero-order chi connectivity index (χ0) is 15.0. The first-order chi connectivity index (χ1) is 9.92. The van der Waals surface area contributed by atoms with Gasteiger partial charge >= 0.3 is 0 Å². The third-order valence-corrected chi connectivity index (χ3v) is 4.58. The second-order valence-electron chi connectivity index (χ2n) is 5.83. The number of rotatable bonds is 3. The molecule has 0 aliphatic carbocycles. The van der Waals surface area contributed by atoms with Crippen LogP contribution in [-0.2, 0) is 11.2 Å². The second kappa shape index (κ2) is 5.68. The SMILES string of the molecule is CC(C)(O)Cc1cc2nc(Cl)nc(N3CCOCC3)c2s1. The number of anilines is 1. The minimum absolute atomic E-state index is 0.261. The van der Waals surface area contributed by atoms with Crippen molar-refractivity contribution in [3.63, 3.8) is 0 Å². The van der Waals surface area contributed by atoms with Crippen LogP contribution in [0.1, 0.15) is 18.7 Å². The highest BCUT2D eigenvalue weighted by Gasteiger charge is 2.21. The first-order valence-corrected chi connectivity index (χ1v) is 8.13. The molecule has 2 aromatic rings. The van der Waals surface area contributed by atoms with E-state index in [4.69, 9.17) is 16.3 Å². The monoisotopic (exact) mass is 327 g/mol. The summed E-state index contributed by atoms with van der Waals surface area (Å²) < 4.78 is 6.42. The van der Waals surface area contributed by atoms with E-state index in [0.717, 1.165) is 34.0 Å². The second-order valence-corrected chi connectivity index (χ2v) is 7.31. The van der Waals surface area contributed by atoms with Crippen molar-refractivity contribution < 1.29 is 9.84 Å². The summed E-state index contributed by atoms with van der Waals surface area (Å²) in [6.45, 7) is 6.62. The Kier molecular flexibility index (Phi) is 4.05. The zero-order valence-electron chi connectivity index (χ0n) is 12.1. The number of fused-ring (bicyclic) bond motifs is 1. The van der Waals surface area contributed by atoms with E-state index in [9.17, 15) is 5.11 Å². The van der Waals surface area contributed by atoms with Crippen molar-refractivity contribution in [1.82, 2.24) is 9.97 Å². The maximum Gasteiger partial charge on any atom is 0.224 e. The van der Waals surface area contributed by atoms with Gasteiger partial charge in [-0.2, -0.15) is 4.98 Å². The van der Waals surface area contributed by atoms with Crippen molar-refractivity contribution in [2.75, 3.05) is 31.2 Å². The van der Waals surface area contributed by atoms with Gasteiger partial charge in [-0.25, -0.2) is 4.98 Å². The molecule has 1 N–H and O–H groups in total. The molecule has 3 rings (SSSR count). The molecular weight excluding hydrogens is 310 g/mol. The molecule has 0 amide bonds. The molecule has 3 heterocycles. The summed E-state index contributed by atoms with van der Waals surface area (Å²) in [6.07, 6.45) is 0.591. The molecule has 5 nitrogen and oxygen atoms in total. The lowest BCUT2D eigenvalue weighted by molar-refractivity contribution is 0.0819. The van der Waals surface area contributed by atoms with Crippen molar-refractivity contribution in [1.29, 1.82) is 0 Å². The average Bonchev–Trinajstić information content (AvgIpc) is 2.78. The molecule has 0 spiro atoms. The van der Waals surface area contributed by atoms with Crippen LogP contribution in [0, 0.1) is 0 Å². The van der Waals surface area contributed by atoms with Crippen molar-refractivity contribution >= 4 is 39.0 Å². The number of thiophene rings is 1. The van der Waals surface area contributed by atoms with Gasteiger partial charge in [0.2, 0.25) is 5.28 Å². The molecule has 7 heteroatoms. The zero-order valence-corrected chi connectivity index (χ0v) is 13.7. The number of morpholine rings is 1. The topological polar surface area (TPSA) is 58.5 Å². The van der Waals surface area contributed by atoms with Gasteiger partial charge in [0.25, 0.3) is 0 Å². The largest absolute Gasteiger partial charge is 0.390 e. The van der Waals surface area contributed by atoms with E-state index in [1.165, 1.54) is 0 Å². The van der Waals surface area contributed by atoms with E-state index in [1.54, 1.807) is 25.2 Å². The highest BCUT2D eigenvalue weighted by atomic mass is 35.5. The fraction of sp³-hybridized carbons (Fsp3) is 0.571. The third kappa shape index (κ3) is 3.45. The van der Waals surface area contributed by atoms with E-state index in [-0.39, 0.29) is 5.28 Å². The standard InChI is InChI=1S/C14H18ClN3O2S/c1-14(2,19)8-9-7-10-11(21-9)12(17-13(15)16-10)18-3-5-20-6-4-18/h7,19H,3-6,8H2,1-2H3.